The largest absolute Gasteiger partial charge is 0.475 e. The predicted molar refractivity (Wildman–Crippen MR) is 60.7 cm³/mol. The van der Waals surface area contributed by atoms with Crippen LogP contribution in [0.25, 0.3) is 0 Å². The van der Waals surface area contributed by atoms with Crippen LogP contribution in [0.5, 0.6) is 0 Å². The van der Waals surface area contributed by atoms with Crippen LogP contribution in [0.3, 0.4) is 0 Å². The molecule has 0 bridgehead atoms. The van der Waals surface area contributed by atoms with Crippen LogP contribution in [0.2, 0.25) is 0 Å². The van der Waals surface area contributed by atoms with Crippen LogP contribution in [0.1, 0.15) is 19.4 Å². The Morgan fingerprint density at radius 3 is 2.73 bits per heavy atom. The molecule has 1 aromatic rings. The van der Waals surface area contributed by atoms with Gasteiger partial charge in [-0.05, 0) is 32.0 Å². The third kappa shape index (κ3) is 2.20. The monoisotopic (exact) mass is 271 g/mol. The molecule has 15 heavy (non-hydrogen) atoms. The zero-order valence-electron chi connectivity index (χ0n) is 8.55. The molecule has 0 fully saturated rings. The molecule has 1 aromatic carbocycles. The normalized spacial score (nSPS) is 18.5. The number of aliphatic imine (C=N–C) groups is 1. The van der Waals surface area contributed by atoms with Crippen molar-refractivity contribution in [3.05, 3.63) is 34.1 Å². The number of nitrogens with zero attached hydrogens (tertiary/aromatic N) is 1. The summed E-state index contributed by atoms with van der Waals surface area (Å²) in [5.41, 5.74) is 0.165. The van der Waals surface area contributed by atoms with Crippen molar-refractivity contribution in [2.45, 2.75) is 19.4 Å². The lowest BCUT2D eigenvalue weighted by Gasteiger charge is -2.07. The Hall–Kier alpha value is -0.900. The Balaban J connectivity index is 2.39. The molecule has 1 aliphatic rings. The van der Waals surface area contributed by atoms with E-state index in [-0.39, 0.29) is 11.4 Å². The van der Waals surface area contributed by atoms with Gasteiger partial charge in [0.15, 0.2) is 0 Å². The number of halogens is 2. The molecular weight excluding hydrogens is 261 g/mol. The van der Waals surface area contributed by atoms with Crippen LogP contribution >= 0.6 is 15.9 Å². The molecule has 0 radical (unpaired) electrons. The van der Waals surface area contributed by atoms with Crippen LogP contribution in [0, 0.1) is 5.82 Å². The molecule has 1 aliphatic heterocycles. The van der Waals surface area contributed by atoms with Gasteiger partial charge in [0.05, 0.1) is 11.1 Å². The van der Waals surface area contributed by atoms with Crippen molar-refractivity contribution in [3.8, 4) is 0 Å². The fourth-order valence-corrected chi connectivity index (χ4v) is 1.72. The molecule has 1 heterocycles. The van der Waals surface area contributed by atoms with E-state index in [1.54, 1.807) is 12.1 Å². The second kappa shape index (κ2) is 3.59. The Labute approximate surface area is 96.3 Å². The maximum atomic E-state index is 13.6. The van der Waals surface area contributed by atoms with Gasteiger partial charge in [0, 0.05) is 4.47 Å². The Morgan fingerprint density at radius 2 is 2.20 bits per heavy atom. The molecule has 0 aliphatic carbocycles. The topological polar surface area (TPSA) is 21.6 Å². The van der Waals surface area contributed by atoms with Gasteiger partial charge in [-0.15, -0.1) is 0 Å². The van der Waals surface area contributed by atoms with Crippen LogP contribution in [-0.2, 0) is 4.74 Å². The number of benzene rings is 1. The van der Waals surface area contributed by atoms with Crippen molar-refractivity contribution in [1.29, 1.82) is 0 Å². The minimum atomic E-state index is -0.319. The number of ether oxygens (including phenoxy) is 1. The number of hydrogen-bond acceptors (Lipinski definition) is 2. The average molecular weight is 272 g/mol. The van der Waals surface area contributed by atoms with E-state index in [9.17, 15) is 4.39 Å². The van der Waals surface area contributed by atoms with Crippen molar-refractivity contribution in [2.24, 2.45) is 4.99 Å². The van der Waals surface area contributed by atoms with Crippen LogP contribution < -0.4 is 0 Å². The molecule has 0 saturated carbocycles. The quantitative estimate of drug-likeness (QED) is 0.769. The summed E-state index contributed by atoms with van der Waals surface area (Å²) in [6.07, 6.45) is 0. The van der Waals surface area contributed by atoms with Crippen molar-refractivity contribution in [2.75, 3.05) is 6.61 Å². The second-order valence-corrected chi connectivity index (χ2v) is 5.06. The van der Waals surface area contributed by atoms with Crippen molar-refractivity contribution in [1.82, 2.24) is 0 Å². The second-order valence-electron chi connectivity index (χ2n) is 4.14. The number of hydrogen-bond donors (Lipinski definition) is 0. The lowest BCUT2D eigenvalue weighted by Crippen LogP contribution is -2.17. The molecule has 0 spiro atoms. The molecule has 4 heteroatoms. The third-order valence-electron chi connectivity index (χ3n) is 2.13. The van der Waals surface area contributed by atoms with Gasteiger partial charge in [-0.2, -0.15) is 0 Å². The summed E-state index contributed by atoms with van der Waals surface area (Å²) >= 11 is 3.21. The van der Waals surface area contributed by atoms with Gasteiger partial charge in [-0.25, -0.2) is 9.38 Å². The van der Waals surface area contributed by atoms with Gasteiger partial charge in [-0.1, -0.05) is 15.9 Å². The summed E-state index contributed by atoms with van der Waals surface area (Å²) < 4.78 is 19.6. The molecule has 2 rings (SSSR count). The van der Waals surface area contributed by atoms with E-state index >= 15 is 0 Å². The van der Waals surface area contributed by atoms with E-state index in [0.29, 0.717) is 22.5 Å². The highest BCUT2D eigenvalue weighted by atomic mass is 79.9. The van der Waals surface area contributed by atoms with Crippen molar-refractivity contribution in [3.63, 3.8) is 0 Å². The fraction of sp³-hybridized carbons (Fsp3) is 0.364. The fourth-order valence-electron chi connectivity index (χ4n) is 1.39. The molecule has 0 amide bonds. The Morgan fingerprint density at radius 1 is 1.47 bits per heavy atom. The average Bonchev–Trinajstić information content (AvgIpc) is 2.46. The number of rotatable bonds is 1. The SMILES string of the molecule is CC1(C)COC(c2ccc(Br)cc2F)=N1. The molecule has 0 atom stereocenters. The first-order valence-corrected chi connectivity index (χ1v) is 5.45. The zero-order valence-corrected chi connectivity index (χ0v) is 10.1. The van der Waals surface area contributed by atoms with Crippen LogP contribution in [0.15, 0.2) is 27.7 Å². The molecule has 0 N–H and O–H groups in total. The van der Waals surface area contributed by atoms with E-state index in [0.717, 1.165) is 0 Å². The highest BCUT2D eigenvalue weighted by Gasteiger charge is 2.28. The van der Waals surface area contributed by atoms with Crippen molar-refractivity contribution >= 4 is 21.8 Å². The molecule has 0 aromatic heterocycles. The summed E-state index contributed by atoms with van der Waals surface area (Å²) in [7, 11) is 0. The van der Waals surface area contributed by atoms with Crippen molar-refractivity contribution < 1.29 is 9.13 Å². The molecule has 2 nitrogen and oxygen atoms in total. The van der Waals surface area contributed by atoms with Gasteiger partial charge in [0.1, 0.15) is 12.4 Å². The highest BCUT2D eigenvalue weighted by molar-refractivity contribution is 9.10. The van der Waals surface area contributed by atoms with E-state index < -0.39 is 0 Å². The minimum Gasteiger partial charge on any atom is -0.475 e. The molecule has 0 unspecified atom stereocenters. The third-order valence-corrected chi connectivity index (χ3v) is 2.62. The Bertz CT molecular complexity index is 429. The Kier molecular flexibility index (Phi) is 2.54. The van der Waals surface area contributed by atoms with Gasteiger partial charge in [0.2, 0.25) is 5.90 Å². The summed E-state index contributed by atoms with van der Waals surface area (Å²) in [6.45, 7) is 4.41. The van der Waals surface area contributed by atoms with Crippen LogP contribution in [0.4, 0.5) is 4.39 Å². The van der Waals surface area contributed by atoms with E-state index in [2.05, 4.69) is 20.9 Å². The van der Waals surface area contributed by atoms with Gasteiger partial charge in [0.25, 0.3) is 0 Å². The maximum Gasteiger partial charge on any atom is 0.219 e. The molecule has 80 valence electrons. The first-order chi connectivity index (χ1) is 6.98. The summed E-state index contributed by atoms with van der Waals surface area (Å²) in [4.78, 5) is 4.32. The first kappa shape index (κ1) is 10.6. The lowest BCUT2D eigenvalue weighted by molar-refractivity contribution is 0.279. The maximum absolute atomic E-state index is 13.6. The summed E-state index contributed by atoms with van der Waals surface area (Å²) in [5.74, 6) is 0.0748. The predicted octanol–water partition coefficient (Wildman–Crippen LogP) is 3.14. The zero-order chi connectivity index (χ0) is 11.1. The van der Waals surface area contributed by atoms with E-state index in [1.165, 1.54) is 6.07 Å². The van der Waals surface area contributed by atoms with Gasteiger partial charge in [-0.3, -0.25) is 0 Å². The smallest absolute Gasteiger partial charge is 0.219 e. The van der Waals surface area contributed by atoms with Gasteiger partial charge >= 0.3 is 0 Å². The van der Waals surface area contributed by atoms with E-state index in [1.807, 2.05) is 13.8 Å². The standard InChI is InChI=1S/C11H11BrFNO/c1-11(2)6-15-10(14-11)8-4-3-7(12)5-9(8)13/h3-5H,6H2,1-2H3. The molecule has 0 saturated heterocycles. The first-order valence-electron chi connectivity index (χ1n) is 4.66. The summed E-state index contributed by atoms with van der Waals surface area (Å²) in [6, 6.07) is 4.85. The minimum absolute atomic E-state index is 0.255. The highest BCUT2D eigenvalue weighted by Crippen LogP contribution is 2.23. The van der Waals surface area contributed by atoms with Crippen LogP contribution in [-0.4, -0.2) is 18.0 Å². The summed E-state index contributed by atoms with van der Waals surface area (Å²) in [5, 5.41) is 0. The molecular formula is C11H11BrFNO. The lowest BCUT2D eigenvalue weighted by atomic mass is 10.1. The van der Waals surface area contributed by atoms with Gasteiger partial charge < -0.3 is 4.74 Å². The van der Waals surface area contributed by atoms with E-state index in [4.69, 9.17) is 4.74 Å².